The molecule has 0 aromatic heterocycles. The van der Waals surface area contributed by atoms with Crippen LogP contribution in [-0.4, -0.2) is 107 Å². The van der Waals surface area contributed by atoms with Crippen LogP contribution in [0, 0.1) is 0 Å². The molecule has 262 valence electrons. The minimum Gasteiger partial charge on any atom is -0.377 e. The molecule has 2 aliphatic rings. The maximum absolute atomic E-state index is 13.3. The van der Waals surface area contributed by atoms with Crippen LogP contribution in [0.25, 0.3) is 12.2 Å². The standard InChI is InChI=1S/C36H44N4O9/c41-32(11-12-36(45)40-27-30-7-2-1-5-28(30)9-10-29-6-3-4-8-31(29)40)37-16-19-46-21-23-48-25-26-49-24-22-47-20-17-38-33(42)15-18-39-34(43)13-14-35(39)44/h1-10,13-14H,11-12,15-27H2,(H,37,41)(H,38,42)/b10-9-. The van der Waals surface area contributed by atoms with Gasteiger partial charge in [-0.15, -0.1) is 0 Å². The first-order chi connectivity index (χ1) is 23.9. The Balaban J connectivity index is 0.943. The quantitative estimate of drug-likeness (QED) is 0.150. The predicted molar refractivity (Wildman–Crippen MR) is 182 cm³/mol. The van der Waals surface area contributed by atoms with Gasteiger partial charge >= 0.3 is 0 Å². The molecule has 2 N–H and O–H groups in total. The molecule has 0 bridgehead atoms. The zero-order chi connectivity index (χ0) is 34.7. The number of hydrogen-bond donors (Lipinski definition) is 2. The molecule has 2 aliphatic heterocycles. The van der Waals surface area contributed by atoms with Crippen LogP contribution < -0.4 is 15.5 Å². The van der Waals surface area contributed by atoms with Gasteiger partial charge in [0, 0.05) is 51.0 Å². The fourth-order valence-corrected chi connectivity index (χ4v) is 5.06. The lowest BCUT2D eigenvalue weighted by atomic mass is 10.0. The molecular weight excluding hydrogens is 632 g/mol. The minimum atomic E-state index is -0.406. The lowest BCUT2D eigenvalue weighted by molar-refractivity contribution is -0.137. The maximum atomic E-state index is 13.3. The Hall–Kier alpha value is -4.69. The summed E-state index contributed by atoms with van der Waals surface area (Å²) in [4.78, 5) is 63.2. The largest absolute Gasteiger partial charge is 0.377 e. The average Bonchev–Trinajstić information content (AvgIpc) is 3.42. The number of para-hydroxylation sites is 1. The summed E-state index contributed by atoms with van der Waals surface area (Å²) in [6.07, 6.45) is 6.68. The summed E-state index contributed by atoms with van der Waals surface area (Å²) in [5.74, 6) is -1.39. The third kappa shape index (κ3) is 12.7. The van der Waals surface area contributed by atoms with Crippen molar-refractivity contribution in [2.24, 2.45) is 0 Å². The summed E-state index contributed by atoms with van der Waals surface area (Å²) in [6.45, 7) is 4.05. The van der Waals surface area contributed by atoms with E-state index in [4.69, 9.17) is 18.9 Å². The summed E-state index contributed by atoms with van der Waals surface area (Å²) in [6, 6.07) is 15.8. The van der Waals surface area contributed by atoms with E-state index >= 15 is 0 Å². The summed E-state index contributed by atoms with van der Waals surface area (Å²) in [5, 5.41) is 5.47. The monoisotopic (exact) mass is 676 g/mol. The topological polar surface area (TPSA) is 153 Å². The number of amides is 5. The summed E-state index contributed by atoms with van der Waals surface area (Å²) in [7, 11) is 0. The van der Waals surface area contributed by atoms with Crippen molar-refractivity contribution in [3.8, 4) is 0 Å². The van der Waals surface area contributed by atoms with Crippen LogP contribution in [0.1, 0.15) is 36.0 Å². The van der Waals surface area contributed by atoms with Crippen LogP contribution in [0.5, 0.6) is 0 Å². The number of hydrogen-bond acceptors (Lipinski definition) is 9. The van der Waals surface area contributed by atoms with E-state index in [0.717, 1.165) is 27.3 Å². The Morgan fingerprint density at radius 2 is 1.10 bits per heavy atom. The molecule has 4 rings (SSSR count). The smallest absolute Gasteiger partial charge is 0.253 e. The summed E-state index contributed by atoms with van der Waals surface area (Å²) < 4.78 is 21.8. The van der Waals surface area contributed by atoms with E-state index in [2.05, 4.69) is 16.7 Å². The fourth-order valence-electron chi connectivity index (χ4n) is 5.06. The van der Waals surface area contributed by atoms with Gasteiger partial charge in [0.1, 0.15) is 0 Å². The van der Waals surface area contributed by atoms with Crippen LogP contribution >= 0.6 is 0 Å². The van der Waals surface area contributed by atoms with E-state index in [1.165, 1.54) is 12.2 Å². The van der Waals surface area contributed by atoms with Gasteiger partial charge in [0.15, 0.2) is 0 Å². The van der Waals surface area contributed by atoms with Crippen molar-refractivity contribution in [1.29, 1.82) is 0 Å². The van der Waals surface area contributed by atoms with Gasteiger partial charge in [-0.2, -0.15) is 0 Å². The van der Waals surface area contributed by atoms with Crippen molar-refractivity contribution in [2.75, 3.05) is 77.4 Å². The zero-order valence-corrected chi connectivity index (χ0v) is 27.6. The van der Waals surface area contributed by atoms with E-state index in [1.807, 2.05) is 54.6 Å². The van der Waals surface area contributed by atoms with Crippen LogP contribution in [0.4, 0.5) is 5.69 Å². The number of benzene rings is 2. The van der Waals surface area contributed by atoms with Gasteiger partial charge in [0.05, 0.1) is 65.1 Å². The second kappa shape index (κ2) is 20.6. The number of fused-ring (bicyclic) bond motifs is 2. The van der Waals surface area contributed by atoms with Crippen LogP contribution in [0.2, 0.25) is 0 Å². The lowest BCUT2D eigenvalue weighted by Crippen LogP contribution is -2.35. The normalized spacial score (nSPS) is 14.2. The van der Waals surface area contributed by atoms with E-state index < -0.39 is 11.8 Å². The summed E-state index contributed by atoms with van der Waals surface area (Å²) >= 11 is 0. The average molecular weight is 677 g/mol. The molecule has 0 saturated heterocycles. The number of carbonyl (C=O) groups is 5. The molecule has 0 saturated carbocycles. The highest BCUT2D eigenvalue weighted by molar-refractivity contribution is 6.13. The molecule has 0 spiro atoms. The van der Waals surface area contributed by atoms with Gasteiger partial charge in [0.25, 0.3) is 11.8 Å². The first kappa shape index (κ1) is 37.1. The second-order valence-corrected chi connectivity index (χ2v) is 11.1. The molecule has 2 heterocycles. The zero-order valence-electron chi connectivity index (χ0n) is 27.6. The predicted octanol–water partition coefficient (Wildman–Crippen LogP) is 2.10. The van der Waals surface area contributed by atoms with Crippen molar-refractivity contribution in [1.82, 2.24) is 15.5 Å². The number of imide groups is 1. The molecular formula is C36H44N4O9. The van der Waals surface area contributed by atoms with Gasteiger partial charge in [-0.05, 0) is 22.8 Å². The van der Waals surface area contributed by atoms with Crippen molar-refractivity contribution < 1.29 is 42.9 Å². The van der Waals surface area contributed by atoms with Gasteiger partial charge in [0.2, 0.25) is 17.7 Å². The van der Waals surface area contributed by atoms with Crippen LogP contribution in [0.3, 0.4) is 0 Å². The molecule has 5 amide bonds. The van der Waals surface area contributed by atoms with Crippen LogP contribution in [-0.2, 0) is 49.5 Å². The van der Waals surface area contributed by atoms with Gasteiger partial charge in [-0.25, -0.2) is 0 Å². The number of nitrogens with one attached hydrogen (secondary N) is 2. The lowest BCUT2D eigenvalue weighted by Gasteiger charge is -2.27. The molecule has 49 heavy (non-hydrogen) atoms. The van der Waals surface area contributed by atoms with Crippen molar-refractivity contribution in [3.05, 3.63) is 77.4 Å². The molecule has 13 heteroatoms. The van der Waals surface area contributed by atoms with Gasteiger partial charge in [-0.1, -0.05) is 54.6 Å². The second-order valence-electron chi connectivity index (χ2n) is 11.1. The van der Waals surface area contributed by atoms with Crippen molar-refractivity contribution in [3.63, 3.8) is 0 Å². The fraction of sp³-hybridized carbons (Fsp3) is 0.417. The van der Waals surface area contributed by atoms with Crippen molar-refractivity contribution >= 4 is 47.4 Å². The number of rotatable bonds is 21. The first-order valence-corrected chi connectivity index (χ1v) is 16.5. The highest BCUT2D eigenvalue weighted by Crippen LogP contribution is 2.29. The molecule has 0 atom stereocenters. The number of ether oxygens (including phenoxy) is 4. The molecule has 0 unspecified atom stereocenters. The molecule has 2 aromatic carbocycles. The first-order valence-electron chi connectivity index (χ1n) is 16.5. The Kier molecular flexibility index (Phi) is 15.6. The van der Waals surface area contributed by atoms with Gasteiger partial charge < -0.3 is 34.5 Å². The molecule has 13 nitrogen and oxygen atoms in total. The Bertz CT molecular complexity index is 1470. The molecule has 0 radical (unpaired) electrons. The Labute approximate surface area is 286 Å². The molecule has 2 aromatic rings. The maximum Gasteiger partial charge on any atom is 0.253 e. The van der Waals surface area contributed by atoms with E-state index in [1.54, 1.807) is 4.90 Å². The molecule has 0 aliphatic carbocycles. The number of anilines is 1. The van der Waals surface area contributed by atoms with E-state index in [0.29, 0.717) is 72.5 Å². The van der Waals surface area contributed by atoms with E-state index in [-0.39, 0.29) is 43.5 Å². The summed E-state index contributed by atoms with van der Waals surface area (Å²) in [5.41, 5.74) is 3.90. The third-order valence-corrected chi connectivity index (χ3v) is 7.64. The highest BCUT2D eigenvalue weighted by Gasteiger charge is 2.24. The third-order valence-electron chi connectivity index (χ3n) is 7.64. The number of nitrogens with zero attached hydrogens (tertiary/aromatic N) is 2. The number of carbonyl (C=O) groups excluding carboxylic acids is 5. The minimum absolute atomic E-state index is 0.0395. The van der Waals surface area contributed by atoms with Crippen molar-refractivity contribution in [2.45, 2.75) is 25.8 Å². The molecule has 0 fully saturated rings. The van der Waals surface area contributed by atoms with Gasteiger partial charge in [-0.3, -0.25) is 28.9 Å². The SMILES string of the molecule is O=C(CCC(=O)N1Cc2ccccc2/C=C\c2ccccc21)NCCOCCOCCOCCOCCNC(=O)CCN1C(=O)C=CC1=O. The van der Waals surface area contributed by atoms with E-state index in [9.17, 15) is 24.0 Å². The Morgan fingerprint density at radius 1 is 0.592 bits per heavy atom. The highest BCUT2D eigenvalue weighted by atomic mass is 16.6. The Morgan fingerprint density at radius 3 is 1.73 bits per heavy atom. The van der Waals surface area contributed by atoms with Crippen LogP contribution in [0.15, 0.2) is 60.7 Å².